The molecule has 0 N–H and O–H groups in total. The molecule has 0 unspecified atom stereocenters. The van der Waals surface area contributed by atoms with Crippen molar-refractivity contribution in [2.75, 3.05) is 0 Å². The van der Waals surface area contributed by atoms with Crippen molar-refractivity contribution in [2.45, 2.75) is 12.8 Å². The predicted octanol–water partition coefficient (Wildman–Crippen LogP) is 4.00. The fourth-order valence-corrected chi connectivity index (χ4v) is 2.32. The average Bonchev–Trinajstić information content (AvgIpc) is 2.70. The van der Waals surface area contributed by atoms with Gasteiger partial charge < -0.3 is 0 Å². The summed E-state index contributed by atoms with van der Waals surface area (Å²) in [7, 11) is 0. The zero-order valence-corrected chi connectivity index (χ0v) is 9.70. The summed E-state index contributed by atoms with van der Waals surface area (Å²) < 4.78 is 13.7. The van der Waals surface area contributed by atoms with Gasteiger partial charge in [-0.15, -0.1) is 22.9 Å². The lowest BCUT2D eigenvalue weighted by atomic mass is 10.1. The van der Waals surface area contributed by atoms with E-state index in [0.717, 1.165) is 4.88 Å². The minimum absolute atomic E-state index is 0.201. The normalized spacial score (nSPS) is 10.6. The van der Waals surface area contributed by atoms with E-state index in [9.17, 15) is 4.39 Å². The Balaban J connectivity index is 2.49. The molecule has 0 amide bonds. The number of thiazole rings is 1. The summed E-state index contributed by atoms with van der Waals surface area (Å²) in [6, 6.07) is 5.31. The second-order valence-electron chi connectivity index (χ2n) is 3.20. The third kappa shape index (κ3) is 2.03. The number of benzene rings is 1. The lowest BCUT2D eigenvalue weighted by Crippen LogP contribution is -1.86. The quantitative estimate of drug-likeness (QED) is 0.725. The van der Waals surface area contributed by atoms with Crippen LogP contribution in [0.5, 0.6) is 0 Å². The Labute approximate surface area is 96.5 Å². The largest absolute Gasteiger partial charge is 0.244 e. The molecule has 0 saturated carbocycles. The highest BCUT2D eigenvalue weighted by atomic mass is 35.5. The highest BCUT2D eigenvalue weighted by Gasteiger charge is 2.10. The third-order valence-corrected chi connectivity index (χ3v) is 3.58. The van der Waals surface area contributed by atoms with Crippen LogP contribution in [-0.2, 0) is 5.88 Å². The fraction of sp³-hybridized carbons (Fsp3) is 0.182. The molecule has 1 heterocycles. The van der Waals surface area contributed by atoms with Crippen LogP contribution in [0.4, 0.5) is 4.39 Å². The Morgan fingerprint density at radius 1 is 1.47 bits per heavy atom. The van der Waals surface area contributed by atoms with Crippen molar-refractivity contribution in [3.63, 3.8) is 0 Å². The van der Waals surface area contributed by atoms with Crippen LogP contribution < -0.4 is 0 Å². The second-order valence-corrected chi connectivity index (χ2v) is 4.58. The Morgan fingerprint density at radius 2 is 2.27 bits per heavy atom. The van der Waals surface area contributed by atoms with E-state index in [2.05, 4.69) is 4.98 Å². The molecule has 1 nitrogen and oxygen atoms in total. The van der Waals surface area contributed by atoms with E-state index < -0.39 is 0 Å². The van der Waals surface area contributed by atoms with Gasteiger partial charge in [0.15, 0.2) is 0 Å². The van der Waals surface area contributed by atoms with Crippen LogP contribution in [-0.4, -0.2) is 4.98 Å². The predicted molar refractivity (Wildman–Crippen MR) is 61.8 cm³/mol. The van der Waals surface area contributed by atoms with Crippen LogP contribution in [0, 0.1) is 12.7 Å². The minimum atomic E-state index is -0.201. The van der Waals surface area contributed by atoms with Crippen LogP contribution >= 0.6 is 22.9 Å². The second kappa shape index (κ2) is 4.29. The summed E-state index contributed by atoms with van der Waals surface area (Å²) >= 11 is 7.10. The number of hydrogen-bond acceptors (Lipinski definition) is 2. The number of nitrogens with zero attached hydrogens (tertiary/aromatic N) is 1. The molecule has 0 spiro atoms. The average molecular weight is 242 g/mol. The van der Waals surface area contributed by atoms with Gasteiger partial charge in [-0.25, -0.2) is 9.37 Å². The molecule has 2 aromatic rings. The van der Waals surface area contributed by atoms with E-state index in [1.54, 1.807) is 25.3 Å². The number of hydrogen-bond donors (Lipinski definition) is 0. The maximum absolute atomic E-state index is 13.7. The van der Waals surface area contributed by atoms with Crippen molar-refractivity contribution in [3.05, 3.63) is 40.7 Å². The zero-order chi connectivity index (χ0) is 10.8. The van der Waals surface area contributed by atoms with Gasteiger partial charge >= 0.3 is 0 Å². The van der Waals surface area contributed by atoms with Crippen LogP contribution in [0.15, 0.2) is 24.4 Å². The Hall–Kier alpha value is -0.930. The van der Waals surface area contributed by atoms with Gasteiger partial charge in [0.2, 0.25) is 0 Å². The highest BCUT2D eigenvalue weighted by molar-refractivity contribution is 7.15. The number of halogens is 2. The molecule has 0 atom stereocenters. The van der Waals surface area contributed by atoms with Gasteiger partial charge in [-0.3, -0.25) is 0 Å². The molecule has 0 aliphatic carbocycles. The Kier molecular flexibility index (Phi) is 3.03. The molecule has 2 rings (SSSR count). The Morgan fingerprint density at radius 3 is 2.93 bits per heavy atom. The van der Waals surface area contributed by atoms with Gasteiger partial charge in [-0.05, 0) is 18.6 Å². The van der Waals surface area contributed by atoms with Crippen molar-refractivity contribution < 1.29 is 4.39 Å². The maximum Gasteiger partial charge on any atom is 0.136 e. The molecule has 15 heavy (non-hydrogen) atoms. The monoisotopic (exact) mass is 241 g/mol. The minimum Gasteiger partial charge on any atom is -0.244 e. The molecule has 1 aromatic heterocycles. The molecule has 0 saturated heterocycles. The van der Waals surface area contributed by atoms with Crippen molar-refractivity contribution in [3.8, 4) is 10.6 Å². The van der Waals surface area contributed by atoms with Crippen LogP contribution in [0.25, 0.3) is 10.6 Å². The van der Waals surface area contributed by atoms with Crippen LogP contribution in [0.2, 0.25) is 0 Å². The summed E-state index contributed by atoms with van der Waals surface area (Å²) in [6.07, 6.45) is 1.69. The van der Waals surface area contributed by atoms with Crippen LogP contribution in [0.3, 0.4) is 0 Å². The molecule has 0 fully saturated rings. The smallest absolute Gasteiger partial charge is 0.136 e. The van der Waals surface area contributed by atoms with Gasteiger partial charge in [0.25, 0.3) is 0 Å². The Bertz CT molecular complexity index is 481. The first kappa shape index (κ1) is 10.6. The number of aryl methyl sites for hydroxylation is 1. The fourth-order valence-electron chi connectivity index (χ4n) is 1.31. The standard InChI is InChI=1S/C11H9ClFNS/c1-7-3-2-4-9(10(7)13)11-14-6-8(5-12)15-11/h2-4,6H,5H2,1H3. The van der Waals surface area contributed by atoms with E-state index in [1.807, 2.05) is 6.07 Å². The first-order valence-electron chi connectivity index (χ1n) is 4.48. The summed E-state index contributed by atoms with van der Waals surface area (Å²) in [5.74, 6) is 0.221. The van der Waals surface area contributed by atoms with E-state index in [0.29, 0.717) is 22.0 Å². The van der Waals surface area contributed by atoms with Crippen molar-refractivity contribution in [1.82, 2.24) is 4.98 Å². The molecule has 0 bridgehead atoms. The van der Waals surface area contributed by atoms with E-state index in [-0.39, 0.29) is 5.82 Å². The van der Waals surface area contributed by atoms with Crippen molar-refractivity contribution in [2.24, 2.45) is 0 Å². The summed E-state index contributed by atoms with van der Waals surface area (Å²) in [6.45, 7) is 1.74. The number of aromatic nitrogens is 1. The lowest BCUT2D eigenvalue weighted by Gasteiger charge is -2.01. The molecule has 0 aliphatic heterocycles. The molecular weight excluding hydrogens is 233 g/mol. The van der Waals surface area contributed by atoms with Crippen LogP contribution in [0.1, 0.15) is 10.4 Å². The third-order valence-electron chi connectivity index (χ3n) is 2.11. The molecule has 0 radical (unpaired) electrons. The summed E-state index contributed by atoms with van der Waals surface area (Å²) in [4.78, 5) is 5.10. The number of alkyl halides is 1. The summed E-state index contributed by atoms with van der Waals surface area (Å²) in [5.41, 5.74) is 1.19. The zero-order valence-electron chi connectivity index (χ0n) is 8.13. The van der Waals surface area contributed by atoms with E-state index >= 15 is 0 Å². The topological polar surface area (TPSA) is 12.9 Å². The van der Waals surface area contributed by atoms with E-state index in [4.69, 9.17) is 11.6 Å². The lowest BCUT2D eigenvalue weighted by molar-refractivity contribution is 0.622. The van der Waals surface area contributed by atoms with Gasteiger partial charge in [0.1, 0.15) is 10.8 Å². The van der Waals surface area contributed by atoms with E-state index in [1.165, 1.54) is 11.3 Å². The molecular formula is C11H9ClFNS. The SMILES string of the molecule is Cc1cccc(-c2ncc(CCl)s2)c1F. The first-order valence-corrected chi connectivity index (χ1v) is 5.83. The van der Waals surface area contributed by atoms with Gasteiger partial charge in [-0.2, -0.15) is 0 Å². The number of rotatable bonds is 2. The molecule has 78 valence electrons. The summed E-state index contributed by atoms with van der Waals surface area (Å²) in [5, 5.41) is 0.687. The van der Waals surface area contributed by atoms with Crippen molar-refractivity contribution in [1.29, 1.82) is 0 Å². The van der Waals surface area contributed by atoms with Gasteiger partial charge in [-0.1, -0.05) is 12.1 Å². The van der Waals surface area contributed by atoms with Crippen molar-refractivity contribution >= 4 is 22.9 Å². The highest BCUT2D eigenvalue weighted by Crippen LogP contribution is 2.29. The van der Waals surface area contributed by atoms with Gasteiger partial charge in [0.05, 0.1) is 5.88 Å². The first-order chi connectivity index (χ1) is 7.22. The molecule has 0 aliphatic rings. The molecule has 4 heteroatoms. The van der Waals surface area contributed by atoms with Gasteiger partial charge in [0, 0.05) is 16.6 Å². The molecule has 1 aromatic carbocycles. The maximum atomic E-state index is 13.7.